The lowest BCUT2D eigenvalue weighted by Gasteiger charge is -2.45. The predicted molar refractivity (Wildman–Crippen MR) is 53.0 cm³/mol. The lowest BCUT2D eigenvalue weighted by Crippen LogP contribution is -2.37. The van der Waals surface area contributed by atoms with Gasteiger partial charge in [-0.1, -0.05) is 27.7 Å². The van der Waals surface area contributed by atoms with Gasteiger partial charge in [0.25, 0.3) is 0 Å². The molecule has 0 aliphatic heterocycles. The Bertz CT molecular complexity index is 192. The Morgan fingerprint density at radius 1 is 1.33 bits per heavy atom. The maximum Gasteiger partial charge on any atom is -0.0243 e. The van der Waals surface area contributed by atoms with Gasteiger partial charge in [0.1, 0.15) is 0 Å². The van der Waals surface area contributed by atoms with Crippen molar-refractivity contribution in [2.24, 2.45) is 22.7 Å². The van der Waals surface area contributed by atoms with Crippen LogP contribution >= 0.6 is 0 Å². The molecule has 0 nitrogen and oxygen atoms in total. The molecular weight excluding hydrogens is 144 g/mol. The van der Waals surface area contributed by atoms with Gasteiger partial charge in [0, 0.05) is 0 Å². The zero-order valence-electron chi connectivity index (χ0n) is 8.98. The summed E-state index contributed by atoms with van der Waals surface area (Å²) in [4.78, 5) is 0. The average Bonchev–Trinajstić information content (AvgIpc) is 2.53. The van der Waals surface area contributed by atoms with E-state index in [0.29, 0.717) is 5.41 Å². The van der Waals surface area contributed by atoms with Crippen molar-refractivity contribution in [3.05, 3.63) is 0 Å². The third-order valence-electron chi connectivity index (χ3n) is 5.54. The topological polar surface area (TPSA) is 0 Å². The molecule has 2 saturated carbocycles. The molecule has 2 aliphatic carbocycles. The number of hydrogen-bond donors (Lipinski definition) is 0. The highest BCUT2D eigenvalue weighted by Gasteiger charge is 2.59. The second kappa shape index (κ2) is 2.27. The first-order chi connectivity index (χ1) is 5.53. The van der Waals surface area contributed by atoms with Crippen LogP contribution < -0.4 is 0 Å². The summed E-state index contributed by atoms with van der Waals surface area (Å²) in [5.74, 6) is 2.02. The Morgan fingerprint density at radius 2 is 2.00 bits per heavy atom. The van der Waals surface area contributed by atoms with Crippen LogP contribution in [-0.2, 0) is 0 Å². The van der Waals surface area contributed by atoms with Gasteiger partial charge in [-0.2, -0.15) is 0 Å². The van der Waals surface area contributed by atoms with Crippen LogP contribution in [0.3, 0.4) is 0 Å². The zero-order valence-corrected chi connectivity index (χ0v) is 8.98. The first kappa shape index (κ1) is 8.59. The number of hydrogen-bond acceptors (Lipinski definition) is 0. The molecule has 0 saturated heterocycles. The van der Waals surface area contributed by atoms with E-state index >= 15 is 0 Å². The molecule has 0 amide bonds. The summed E-state index contributed by atoms with van der Waals surface area (Å²) in [5.41, 5.74) is 1.34. The van der Waals surface area contributed by atoms with Crippen molar-refractivity contribution >= 4 is 0 Å². The molecule has 0 heterocycles. The van der Waals surface area contributed by atoms with Crippen molar-refractivity contribution in [3.63, 3.8) is 0 Å². The molecule has 0 spiro atoms. The molecule has 12 heavy (non-hydrogen) atoms. The normalized spacial score (nSPS) is 50.0. The van der Waals surface area contributed by atoms with Gasteiger partial charge < -0.3 is 0 Å². The quantitative estimate of drug-likeness (QED) is 0.555. The molecule has 0 heteroatoms. The van der Waals surface area contributed by atoms with Crippen LogP contribution in [0.4, 0.5) is 0 Å². The molecule has 3 atom stereocenters. The van der Waals surface area contributed by atoms with Crippen molar-refractivity contribution in [3.8, 4) is 0 Å². The monoisotopic (exact) mass is 166 g/mol. The van der Waals surface area contributed by atoms with E-state index in [9.17, 15) is 0 Å². The third-order valence-corrected chi connectivity index (χ3v) is 5.54. The molecule has 0 aromatic carbocycles. The van der Waals surface area contributed by atoms with E-state index < -0.39 is 0 Å². The van der Waals surface area contributed by atoms with E-state index in [0.717, 1.165) is 17.3 Å². The fraction of sp³-hybridized carbons (Fsp3) is 1.00. The maximum atomic E-state index is 2.50. The van der Waals surface area contributed by atoms with Crippen LogP contribution in [-0.4, -0.2) is 0 Å². The Morgan fingerprint density at radius 3 is 2.33 bits per heavy atom. The highest BCUT2D eigenvalue weighted by atomic mass is 14.6. The third kappa shape index (κ3) is 0.744. The molecule has 0 aromatic rings. The summed E-state index contributed by atoms with van der Waals surface area (Å²) in [7, 11) is 0. The lowest BCUT2D eigenvalue weighted by molar-refractivity contribution is 0.0412. The Balaban J connectivity index is 2.35. The minimum absolute atomic E-state index is 0.616. The Labute approximate surface area is 76.7 Å². The molecular formula is C12H22. The van der Waals surface area contributed by atoms with Gasteiger partial charge in [-0.25, -0.2) is 0 Å². The van der Waals surface area contributed by atoms with E-state index in [1.165, 1.54) is 25.7 Å². The van der Waals surface area contributed by atoms with E-state index in [1.807, 2.05) is 0 Å². The standard InChI is InChI=1S/C12H22/c1-5-12-7-6-10(8-12)9(2)11(12,3)4/h9-10H,5-8H2,1-4H3. The summed E-state index contributed by atoms with van der Waals surface area (Å²) >= 11 is 0. The molecule has 0 aromatic heterocycles. The van der Waals surface area contributed by atoms with Crippen LogP contribution in [0.5, 0.6) is 0 Å². The van der Waals surface area contributed by atoms with Crippen molar-refractivity contribution < 1.29 is 0 Å². The largest absolute Gasteiger partial charge is 0.0648 e. The van der Waals surface area contributed by atoms with E-state index in [-0.39, 0.29) is 0 Å². The van der Waals surface area contributed by atoms with Crippen LogP contribution in [0.2, 0.25) is 0 Å². The molecule has 2 rings (SSSR count). The van der Waals surface area contributed by atoms with Crippen molar-refractivity contribution in [2.45, 2.75) is 53.4 Å². The van der Waals surface area contributed by atoms with Crippen LogP contribution in [0, 0.1) is 22.7 Å². The highest BCUT2D eigenvalue weighted by molar-refractivity contribution is 5.08. The fourth-order valence-electron chi connectivity index (χ4n) is 4.03. The summed E-state index contributed by atoms with van der Waals surface area (Å²) in [6, 6.07) is 0. The second-order valence-electron chi connectivity index (χ2n) is 5.65. The summed E-state index contributed by atoms with van der Waals surface area (Å²) in [5, 5.41) is 0. The number of fused-ring (bicyclic) bond motifs is 2. The minimum atomic E-state index is 0.616. The minimum Gasteiger partial charge on any atom is -0.0648 e. The van der Waals surface area contributed by atoms with Crippen molar-refractivity contribution in [2.75, 3.05) is 0 Å². The van der Waals surface area contributed by atoms with Crippen LogP contribution in [0.1, 0.15) is 53.4 Å². The summed E-state index contributed by atoms with van der Waals surface area (Å²) in [6.07, 6.45) is 5.95. The van der Waals surface area contributed by atoms with E-state index in [4.69, 9.17) is 0 Å². The Kier molecular flexibility index (Phi) is 1.63. The van der Waals surface area contributed by atoms with E-state index in [2.05, 4.69) is 27.7 Å². The van der Waals surface area contributed by atoms with Gasteiger partial charge >= 0.3 is 0 Å². The van der Waals surface area contributed by atoms with Gasteiger partial charge in [0.15, 0.2) is 0 Å². The predicted octanol–water partition coefficient (Wildman–Crippen LogP) is 3.86. The molecule has 70 valence electrons. The number of rotatable bonds is 1. The molecule has 0 N–H and O–H groups in total. The first-order valence-corrected chi connectivity index (χ1v) is 5.53. The zero-order chi connectivity index (χ0) is 8.98. The summed E-state index contributed by atoms with van der Waals surface area (Å²) < 4.78 is 0. The van der Waals surface area contributed by atoms with Gasteiger partial charge in [-0.3, -0.25) is 0 Å². The lowest BCUT2D eigenvalue weighted by atomic mass is 9.60. The fourth-order valence-corrected chi connectivity index (χ4v) is 4.03. The smallest absolute Gasteiger partial charge is 0.0243 e. The van der Waals surface area contributed by atoms with Crippen molar-refractivity contribution in [1.82, 2.24) is 0 Å². The van der Waals surface area contributed by atoms with Gasteiger partial charge in [-0.15, -0.1) is 0 Å². The van der Waals surface area contributed by atoms with Gasteiger partial charge in [0.2, 0.25) is 0 Å². The van der Waals surface area contributed by atoms with Crippen LogP contribution in [0.25, 0.3) is 0 Å². The molecule has 2 aliphatic rings. The van der Waals surface area contributed by atoms with E-state index in [1.54, 1.807) is 0 Å². The van der Waals surface area contributed by atoms with Gasteiger partial charge in [0.05, 0.1) is 0 Å². The molecule has 3 unspecified atom stereocenters. The average molecular weight is 166 g/mol. The first-order valence-electron chi connectivity index (χ1n) is 5.53. The summed E-state index contributed by atoms with van der Waals surface area (Å²) in [6.45, 7) is 9.87. The highest BCUT2D eigenvalue weighted by Crippen LogP contribution is 2.68. The second-order valence-corrected chi connectivity index (χ2v) is 5.65. The Hall–Kier alpha value is 0. The van der Waals surface area contributed by atoms with Crippen LogP contribution in [0.15, 0.2) is 0 Å². The van der Waals surface area contributed by atoms with Crippen molar-refractivity contribution in [1.29, 1.82) is 0 Å². The molecule has 2 bridgehead atoms. The maximum absolute atomic E-state index is 2.50. The van der Waals surface area contributed by atoms with Gasteiger partial charge in [-0.05, 0) is 48.3 Å². The molecule has 0 radical (unpaired) electrons. The molecule has 2 fully saturated rings. The SMILES string of the molecule is CCC12CCC(C1)C(C)C2(C)C.